The van der Waals surface area contributed by atoms with E-state index in [0.717, 1.165) is 11.8 Å². The molecule has 0 radical (unpaired) electrons. The summed E-state index contributed by atoms with van der Waals surface area (Å²) in [6, 6.07) is 2.01. The molecule has 20 heteroatoms. The summed E-state index contributed by atoms with van der Waals surface area (Å²) < 4.78 is 0. The molecule has 5 heterocycles. The summed E-state index contributed by atoms with van der Waals surface area (Å²) in [6.45, 7) is 1.73. The molecular weight excluding hydrogens is 676 g/mol. The topological polar surface area (TPSA) is 283 Å². The first-order valence-corrected chi connectivity index (χ1v) is 16.5. The van der Waals surface area contributed by atoms with E-state index in [2.05, 4.69) is 35.9 Å². The van der Waals surface area contributed by atoms with Gasteiger partial charge >= 0.3 is 11.9 Å². The van der Waals surface area contributed by atoms with Gasteiger partial charge in [-0.15, -0.1) is 0 Å². The Balaban J connectivity index is 0.984. The van der Waals surface area contributed by atoms with E-state index in [1.165, 1.54) is 35.1 Å². The Morgan fingerprint density at radius 1 is 1.08 bits per heavy atom. The van der Waals surface area contributed by atoms with Crippen LogP contribution in [0.1, 0.15) is 48.7 Å². The molecule has 3 saturated heterocycles. The number of nitrogen functional groups attached to an aromatic ring is 1. The Morgan fingerprint density at radius 2 is 1.82 bits per heavy atom. The van der Waals surface area contributed by atoms with Gasteiger partial charge in [0.1, 0.15) is 23.9 Å². The molecule has 3 aromatic rings. The van der Waals surface area contributed by atoms with Crippen LogP contribution < -0.4 is 27.2 Å². The number of anilines is 2. The zero-order valence-electron chi connectivity index (χ0n) is 26.4. The summed E-state index contributed by atoms with van der Waals surface area (Å²) in [6.07, 6.45) is 1.06. The molecule has 3 aliphatic rings. The van der Waals surface area contributed by atoms with Crippen LogP contribution in [0.2, 0.25) is 0 Å². The summed E-state index contributed by atoms with van der Waals surface area (Å²) in [5.41, 5.74) is 6.37. The standard InChI is InChI=1S/C30H32N10O9S/c1-13-25(44)40-20(28(48)49)12-50-30(40)38-18(26(45)39(13)30)8-6-17(41)7-9-19(27(46)47)35-23(42)14-2-4-15(5-3-14)32-10-16-11-33-22-21(34-16)24(43)37-29(31)36-22/h2-5,11,13,18-20,32,38H,6-10,12H2,1H3,(H,35,42)(H,46,47)(H,48,49)(H3,31,33,36,37,43)/t13-,18-,19+,20-,30-/m0/s1. The Bertz CT molecular complexity index is 1970. The highest BCUT2D eigenvalue weighted by Crippen LogP contribution is 2.50. The number of aromatic nitrogens is 4. The molecule has 3 amide bonds. The molecule has 19 nitrogen and oxygen atoms in total. The second kappa shape index (κ2) is 13.3. The van der Waals surface area contributed by atoms with Crippen molar-refractivity contribution in [2.45, 2.75) is 68.4 Å². The molecule has 3 aliphatic heterocycles. The quantitative estimate of drug-likeness (QED) is 0.113. The molecule has 3 fully saturated rings. The maximum Gasteiger partial charge on any atom is 0.327 e. The number of aromatic amines is 1. The number of amides is 3. The van der Waals surface area contributed by atoms with E-state index in [1.807, 2.05) is 0 Å². The zero-order valence-corrected chi connectivity index (χ0v) is 27.2. The van der Waals surface area contributed by atoms with Crippen LogP contribution in [0.15, 0.2) is 35.3 Å². The van der Waals surface area contributed by atoms with Crippen molar-refractivity contribution in [3.8, 4) is 0 Å². The summed E-state index contributed by atoms with van der Waals surface area (Å²) in [5.74, 6) is -4.35. The number of fused-ring (bicyclic) bond motifs is 1. The van der Waals surface area contributed by atoms with Gasteiger partial charge in [-0.1, -0.05) is 11.8 Å². The SMILES string of the molecule is C[C@H]1C(=O)N2[C@H](C(=O)O)CS[C@]23N[C@@H](CCC(=O)CC[C@@H](NC(=O)c2ccc(NCc4cnc5nc(N)[nH]c(=O)c5n4)cc2)C(=O)O)C(=O)N13. The monoisotopic (exact) mass is 708 g/mol. The minimum atomic E-state index is -1.36. The first kappa shape index (κ1) is 34.2. The van der Waals surface area contributed by atoms with E-state index in [0.29, 0.717) is 11.4 Å². The van der Waals surface area contributed by atoms with E-state index >= 15 is 0 Å². The average molecular weight is 709 g/mol. The summed E-state index contributed by atoms with van der Waals surface area (Å²) in [4.78, 5) is 105. The highest BCUT2D eigenvalue weighted by Gasteiger charge is 2.69. The molecule has 0 unspecified atom stereocenters. The number of Topliss-reactive ketones (excluding diaryl/α,β-unsaturated/α-hetero) is 1. The number of carbonyl (C=O) groups excluding carboxylic acids is 4. The third-order valence-electron chi connectivity index (χ3n) is 8.71. The molecule has 0 bridgehead atoms. The number of aliphatic carboxylic acids is 2. The number of nitrogens with one attached hydrogen (secondary N) is 4. The average Bonchev–Trinajstić information content (AvgIpc) is 3.66. The maximum atomic E-state index is 13.2. The smallest absolute Gasteiger partial charge is 0.327 e. The Kier molecular flexibility index (Phi) is 9.14. The number of carbonyl (C=O) groups is 6. The highest BCUT2D eigenvalue weighted by atomic mass is 32.2. The Hall–Kier alpha value is -5.63. The minimum Gasteiger partial charge on any atom is -0.480 e. The molecule has 0 saturated carbocycles. The van der Waals surface area contributed by atoms with Crippen molar-refractivity contribution in [3.05, 3.63) is 52.1 Å². The predicted molar refractivity (Wildman–Crippen MR) is 175 cm³/mol. The van der Waals surface area contributed by atoms with Crippen LogP contribution in [0.25, 0.3) is 11.2 Å². The van der Waals surface area contributed by atoms with Gasteiger partial charge in [0.25, 0.3) is 11.5 Å². The molecule has 50 heavy (non-hydrogen) atoms. The van der Waals surface area contributed by atoms with E-state index < -0.39 is 64.5 Å². The van der Waals surface area contributed by atoms with Crippen molar-refractivity contribution in [2.24, 2.45) is 0 Å². The van der Waals surface area contributed by atoms with Crippen molar-refractivity contribution in [1.82, 2.24) is 40.4 Å². The summed E-state index contributed by atoms with van der Waals surface area (Å²) in [5, 5.41) is 26.6. The van der Waals surface area contributed by atoms with Gasteiger partial charge in [0, 0.05) is 29.8 Å². The summed E-state index contributed by atoms with van der Waals surface area (Å²) >= 11 is 1.14. The first-order chi connectivity index (χ1) is 23.8. The molecule has 1 spiro atoms. The number of hydrogen-bond acceptors (Lipinski definition) is 14. The number of rotatable bonds is 13. The van der Waals surface area contributed by atoms with Gasteiger partial charge in [-0.2, -0.15) is 4.98 Å². The van der Waals surface area contributed by atoms with Crippen LogP contribution >= 0.6 is 11.8 Å². The van der Waals surface area contributed by atoms with Gasteiger partial charge in [-0.3, -0.25) is 44.1 Å². The second-order valence-electron chi connectivity index (χ2n) is 12.0. The van der Waals surface area contributed by atoms with Gasteiger partial charge in [0.05, 0.1) is 24.5 Å². The van der Waals surface area contributed by atoms with Gasteiger partial charge in [0.15, 0.2) is 11.2 Å². The normalized spacial score (nSPS) is 23.1. The van der Waals surface area contributed by atoms with Crippen molar-refractivity contribution in [3.63, 3.8) is 0 Å². The van der Waals surface area contributed by atoms with Gasteiger partial charge in [0.2, 0.25) is 22.9 Å². The summed E-state index contributed by atoms with van der Waals surface area (Å²) in [7, 11) is 0. The van der Waals surface area contributed by atoms with Crippen LogP contribution in [0.5, 0.6) is 0 Å². The second-order valence-corrected chi connectivity index (χ2v) is 13.1. The fraction of sp³-hybridized carbons (Fsp3) is 0.400. The Labute approximate surface area is 286 Å². The number of carboxylic acid groups (broad SMARTS) is 2. The lowest BCUT2D eigenvalue weighted by atomic mass is 10.0. The van der Waals surface area contributed by atoms with Crippen LogP contribution in [-0.4, -0.2) is 110 Å². The lowest BCUT2D eigenvalue weighted by Crippen LogP contribution is -2.57. The maximum absolute atomic E-state index is 13.2. The number of thioether (sulfide) groups is 1. The number of ketones is 1. The van der Waals surface area contributed by atoms with Gasteiger partial charge < -0.3 is 26.6 Å². The van der Waals surface area contributed by atoms with Crippen LogP contribution in [0.4, 0.5) is 11.6 Å². The van der Waals surface area contributed by atoms with Crippen LogP contribution in [0, 0.1) is 0 Å². The van der Waals surface area contributed by atoms with E-state index in [-0.39, 0.29) is 66.4 Å². The van der Waals surface area contributed by atoms with Gasteiger partial charge in [-0.05, 0) is 44.0 Å². The predicted octanol–water partition coefficient (Wildman–Crippen LogP) is -0.938. The van der Waals surface area contributed by atoms with E-state index in [9.17, 15) is 43.8 Å². The van der Waals surface area contributed by atoms with Crippen molar-refractivity contribution in [1.29, 1.82) is 0 Å². The minimum absolute atomic E-state index is 0.0337. The number of H-pyrrole nitrogens is 1. The number of nitrogens with zero attached hydrogens (tertiary/aromatic N) is 5. The fourth-order valence-corrected chi connectivity index (χ4v) is 7.84. The van der Waals surface area contributed by atoms with Gasteiger partial charge in [-0.25, -0.2) is 19.6 Å². The molecule has 262 valence electrons. The molecular formula is C30H32N10O9S. The highest BCUT2D eigenvalue weighted by molar-refractivity contribution is 8.00. The molecule has 5 atom stereocenters. The van der Waals surface area contributed by atoms with Crippen LogP contribution in [-0.2, 0) is 30.5 Å². The number of hydrogen-bond donors (Lipinski definition) is 7. The molecule has 2 aromatic heterocycles. The molecule has 0 aliphatic carbocycles. The zero-order chi connectivity index (χ0) is 35.9. The molecule has 6 rings (SSSR count). The largest absolute Gasteiger partial charge is 0.480 e. The van der Waals surface area contributed by atoms with Crippen LogP contribution in [0.3, 0.4) is 0 Å². The molecule has 1 aromatic carbocycles. The Morgan fingerprint density at radius 3 is 2.52 bits per heavy atom. The van der Waals surface area contributed by atoms with E-state index in [4.69, 9.17) is 5.73 Å². The van der Waals surface area contributed by atoms with E-state index in [1.54, 1.807) is 12.1 Å². The molecule has 8 N–H and O–H groups in total. The lowest BCUT2D eigenvalue weighted by Gasteiger charge is -2.33. The lowest BCUT2D eigenvalue weighted by molar-refractivity contribution is -0.149. The first-order valence-electron chi connectivity index (χ1n) is 15.5. The number of nitrogens with two attached hydrogens (primary N) is 1. The van der Waals surface area contributed by atoms with Crippen molar-refractivity contribution in [2.75, 3.05) is 16.8 Å². The number of carboxylic acids is 2. The fourth-order valence-electron chi connectivity index (χ4n) is 6.19. The van der Waals surface area contributed by atoms with Crippen molar-refractivity contribution >= 4 is 70.0 Å². The number of benzene rings is 1. The van der Waals surface area contributed by atoms with Crippen molar-refractivity contribution < 1.29 is 39.0 Å². The third-order valence-corrected chi connectivity index (χ3v) is 10.1. The third kappa shape index (κ3) is 6.29.